The van der Waals surface area contributed by atoms with Crippen LogP contribution in [0, 0.1) is 0 Å². The van der Waals surface area contributed by atoms with Crippen LogP contribution in [-0.2, 0) is 9.84 Å². The van der Waals surface area contributed by atoms with Crippen molar-refractivity contribution in [1.82, 2.24) is 0 Å². The van der Waals surface area contributed by atoms with E-state index in [1.165, 1.54) is 0 Å². The van der Waals surface area contributed by atoms with Gasteiger partial charge in [0, 0.05) is 5.56 Å². The first-order chi connectivity index (χ1) is 11.6. The molecule has 0 spiro atoms. The largest absolute Gasteiger partial charge is 0.488 e. The highest BCUT2D eigenvalue weighted by Gasteiger charge is 2.19. The van der Waals surface area contributed by atoms with Crippen molar-refractivity contribution in [1.29, 1.82) is 0 Å². The van der Waals surface area contributed by atoms with Crippen LogP contribution in [0.1, 0.15) is 12.5 Å². The molecule has 0 unspecified atom stereocenters. The van der Waals surface area contributed by atoms with Crippen molar-refractivity contribution in [2.45, 2.75) is 11.8 Å². The molecule has 0 radical (unpaired) electrons. The van der Waals surface area contributed by atoms with E-state index in [4.69, 9.17) is 4.74 Å². The molecule has 124 valence electrons. The van der Waals surface area contributed by atoms with Gasteiger partial charge in [-0.15, -0.1) is 0 Å². The summed E-state index contributed by atoms with van der Waals surface area (Å²) in [6.07, 6.45) is 7.64. The zero-order valence-corrected chi connectivity index (χ0v) is 14.4. The average Bonchev–Trinajstić information content (AvgIpc) is 2.61. The lowest BCUT2D eigenvalue weighted by Gasteiger charge is -2.11. The van der Waals surface area contributed by atoms with Crippen molar-refractivity contribution in [3.05, 3.63) is 89.9 Å². The van der Waals surface area contributed by atoms with Gasteiger partial charge in [0.2, 0.25) is 9.84 Å². The molecule has 2 aromatic carbocycles. The number of hydrogen-bond donors (Lipinski definition) is 0. The van der Waals surface area contributed by atoms with Crippen molar-refractivity contribution >= 4 is 15.9 Å². The van der Waals surface area contributed by atoms with Crippen LogP contribution in [-0.4, -0.2) is 15.0 Å². The van der Waals surface area contributed by atoms with Crippen LogP contribution in [0.3, 0.4) is 0 Å². The SMILES string of the molecule is C=C(COc1ccccc1/C=C/C=C/C)S(=O)(=O)c1ccccc1. The van der Waals surface area contributed by atoms with Gasteiger partial charge in [-0.2, -0.15) is 0 Å². The zero-order chi connectivity index (χ0) is 17.4. The standard InChI is InChI=1S/C20H20O3S/c1-3-4-6-11-18-12-9-10-15-20(18)23-16-17(2)24(21,22)19-13-7-5-8-14-19/h3-15H,2,16H2,1H3/b4-3+,11-6+. The van der Waals surface area contributed by atoms with Crippen molar-refractivity contribution in [2.24, 2.45) is 0 Å². The monoisotopic (exact) mass is 340 g/mol. The second kappa shape index (κ2) is 8.31. The Hall–Kier alpha value is -2.59. The molecule has 24 heavy (non-hydrogen) atoms. The molecule has 3 nitrogen and oxygen atoms in total. The van der Waals surface area contributed by atoms with Crippen LogP contribution in [0.5, 0.6) is 5.75 Å². The predicted molar refractivity (Wildman–Crippen MR) is 98.6 cm³/mol. The molecule has 2 rings (SSSR count). The molecule has 0 aliphatic heterocycles. The number of ether oxygens (including phenoxy) is 1. The van der Waals surface area contributed by atoms with E-state index in [1.54, 1.807) is 36.4 Å². The Morgan fingerprint density at radius 3 is 2.42 bits per heavy atom. The maximum atomic E-state index is 12.4. The lowest BCUT2D eigenvalue weighted by Crippen LogP contribution is -2.11. The molecule has 4 heteroatoms. The maximum Gasteiger partial charge on any atom is 0.205 e. The quantitative estimate of drug-likeness (QED) is 0.690. The molecular weight excluding hydrogens is 320 g/mol. The fourth-order valence-electron chi connectivity index (χ4n) is 2.02. The van der Waals surface area contributed by atoms with Crippen LogP contribution in [0.15, 0.2) is 89.2 Å². The molecule has 0 saturated heterocycles. The molecule has 2 aromatic rings. The van der Waals surface area contributed by atoms with Crippen LogP contribution >= 0.6 is 0 Å². The Bertz CT molecular complexity index is 847. The summed E-state index contributed by atoms with van der Waals surface area (Å²) in [6.45, 7) is 5.52. The van der Waals surface area contributed by atoms with Gasteiger partial charge in [0.1, 0.15) is 12.4 Å². The van der Waals surface area contributed by atoms with Crippen molar-refractivity contribution in [2.75, 3.05) is 6.61 Å². The van der Waals surface area contributed by atoms with Crippen LogP contribution in [0.2, 0.25) is 0 Å². The normalized spacial score (nSPS) is 11.9. The summed E-state index contributed by atoms with van der Waals surface area (Å²) in [5, 5.41) is 0. The Morgan fingerprint density at radius 2 is 1.71 bits per heavy atom. The van der Waals surface area contributed by atoms with Gasteiger partial charge in [0.15, 0.2) is 0 Å². The highest BCUT2D eigenvalue weighted by molar-refractivity contribution is 7.95. The van der Waals surface area contributed by atoms with E-state index in [-0.39, 0.29) is 16.4 Å². The number of sulfone groups is 1. The molecule has 0 fully saturated rings. The lowest BCUT2D eigenvalue weighted by atomic mass is 10.2. The fourth-order valence-corrected chi connectivity index (χ4v) is 3.08. The van der Waals surface area contributed by atoms with Crippen LogP contribution in [0.25, 0.3) is 6.08 Å². The second-order valence-corrected chi connectivity index (χ2v) is 7.12. The van der Waals surface area contributed by atoms with Gasteiger partial charge in [-0.05, 0) is 25.1 Å². The first kappa shape index (κ1) is 17.8. The highest BCUT2D eigenvalue weighted by atomic mass is 32.2. The minimum atomic E-state index is -3.59. The molecule has 0 heterocycles. The van der Waals surface area contributed by atoms with Gasteiger partial charge in [-0.1, -0.05) is 67.3 Å². The second-order valence-electron chi connectivity index (χ2n) is 5.07. The first-order valence-corrected chi connectivity index (χ1v) is 9.03. The fraction of sp³-hybridized carbons (Fsp3) is 0.100. The van der Waals surface area contributed by atoms with Crippen LogP contribution < -0.4 is 4.74 Å². The topological polar surface area (TPSA) is 43.4 Å². The summed E-state index contributed by atoms with van der Waals surface area (Å²) in [6, 6.07) is 15.7. The zero-order valence-electron chi connectivity index (χ0n) is 13.6. The first-order valence-electron chi connectivity index (χ1n) is 7.55. The third kappa shape index (κ3) is 4.46. The molecule has 0 atom stereocenters. The minimum Gasteiger partial charge on any atom is -0.488 e. The summed E-state index contributed by atoms with van der Waals surface area (Å²) in [5.41, 5.74) is 0.875. The van der Waals surface area contributed by atoms with Gasteiger partial charge >= 0.3 is 0 Å². The summed E-state index contributed by atoms with van der Waals surface area (Å²) >= 11 is 0. The third-order valence-corrected chi connectivity index (χ3v) is 5.09. The maximum absolute atomic E-state index is 12.4. The lowest BCUT2D eigenvalue weighted by molar-refractivity contribution is 0.357. The predicted octanol–water partition coefficient (Wildman–Crippen LogP) is 4.64. The van der Waals surface area contributed by atoms with E-state index in [1.807, 2.05) is 49.4 Å². The van der Waals surface area contributed by atoms with Gasteiger partial charge in [-0.25, -0.2) is 8.42 Å². The minimum absolute atomic E-state index is 0.0286. The Kier molecular flexibility index (Phi) is 6.15. The summed E-state index contributed by atoms with van der Waals surface area (Å²) < 4.78 is 30.6. The van der Waals surface area contributed by atoms with E-state index >= 15 is 0 Å². The van der Waals surface area contributed by atoms with E-state index in [9.17, 15) is 8.42 Å². The number of para-hydroxylation sites is 1. The molecule has 0 amide bonds. The van der Waals surface area contributed by atoms with E-state index in [0.29, 0.717) is 5.75 Å². The number of hydrogen-bond acceptors (Lipinski definition) is 3. The summed E-state index contributed by atoms with van der Waals surface area (Å²) in [5.74, 6) is 0.614. The highest BCUT2D eigenvalue weighted by Crippen LogP contribution is 2.22. The molecule has 0 aliphatic rings. The van der Waals surface area contributed by atoms with Gasteiger partial charge in [0.25, 0.3) is 0 Å². The Balaban J connectivity index is 2.13. The van der Waals surface area contributed by atoms with E-state index in [2.05, 4.69) is 6.58 Å². The smallest absolute Gasteiger partial charge is 0.205 e. The van der Waals surface area contributed by atoms with Gasteiger partial charge in [0.05, 0.1) is 9.80 Å². The van der Waals surface area contributed by atoms with Crippen molar-refractivity contribution in [3.8, 4) is 5.75 Å². The third-order valence-electron chi connectivity index (χ3n) is 3.32. The summed E-state index contributed by atoms with van der Waals surface area (Å²) in [7, 11) is -3.59. The number of benzene rings is 2. The van der Waals surface area contributed by atoms with Crippen molar-refractivity contribution in [3.63, 3.8) is 0 Å². The van der Waals surface area contributed by atoms with Crippen molar-refractivity contribution < 1.29 is 13.2 Å². The van der Waals surface area contributed by atoms with Gasteiger partial charge < -0.3 is 4.74 Å². The van der Waals surface area contributed by atoms with E-state index in [0.717, 1.165) is 5.56 Å². The summed E-state index contributed by atoms with van der Waals surface area (Å²) in [4.78, 5) is 0.251. The number of allylic oxidation sites excluding steroid dienone is 3. The molecule has 0 aromatic heterocycles. The molecular formula is C20H20O3S. The molecule has 0 N–H and O–H groups in total. The molecule has 0 bridgehead atoms. The average molecular weight is 340 g/mol. The molecule has 0 aliphatic carbocycles. The Labute approximate surface area is 143 Å². The number of rotatable bonds is 7. The Morgan fingerprint density at radius 1 is 1.04 bits per heavy atom. The van der Waals surface area contributed by atoms with Gasteiger partial charge in [-0.3, -0.25) is 0 Å². The molecule has 0 saturated carbocycles. The van der Waals surface area contributed by atoms with E-state index < -0.39 is 9.84 Å². The van der Waals surface area contributed by atoms with Crippen LogP contribution in [0.4, 0.5) is 0 Å².